The lowest BCUT2D eigenvalue weighted by atomic mass is 10.0. The summed E-state index contributed by atoms with van der Waals surface area (Å²) in [7, 11) is 0. The first-order valence-electron chi connectivity index (χ1n) is 12.8. The van der Waals surface area contributed by atoms with Crippen molar-refractivity contribution in [2.75, 3.05) is 31.5 Å². The van der Waals surface area contributed by atoms with Crippen LogP contribution in [0.5, 0.6) is 0 Å². The largest absolute Gasteiger partial charge is 0.343 e. The fraction of sp³-hybridized carbons (Fsp3) is 0.357. The molecule has 1 aromatic heterocycles. The highest BCUT2D eigenvalue weighted by atomic mass is 16.2. The lowest BCUT2D eigenvalue weighted by Crippen LogP contribution is -2.50. The highest BCUT2D eigenvalue weighted by Gasteiger charge is 2.25. The van der Waals surface area contributed by atoms with Crippen LogP contribution in [0.2, 0.25) is 0 Å². The topological polar surface area (TPSA) is 169 Å². The predicted octanol–water partition coefficient (Wildman–Crippen LogP) is 1.14. The van der Waals surface area contributed by atoms with E-state index in [1.807, 2.05) is 60.7 Å². The van der Waals surface area contributed by atoms with Gasteiger partial charge in [0.2, 0.25) is 17.7 Å². The number of hydrogen-bond acceptors (Lipinski definition) is 7. The quantitative estimate of drug-likeness (QED) is 0.213. The van der Waals surface area contributed by atoms with Crippen LogP contribution in [0, 0.1) is 0 Å². The number of nitrogens with one attached hydrogen (secondary N) is 2. The molecule has 0 saturated heterocycles. The summed E-state index contributed by atoms with van der Waals surface area (Å²) < 4.78 is 0. The molecule has 3 amide bonds. The Balaban J connectivity index is 1.65. The second-order valence-electron chi connectivity index (χ2n) is 9.09. The van der Waals surface area contributed by atoms with Crippen LogP contribution in [-0.2, 0) is 20.8 Å². The molecule has 8 N–H and O–H groups in total. The maximum Gasteiger partial charge on any atom is 0.247 e. The van der Waals surface area contributed by atoms with Gasteiger partial charge in [-0.15, -0.1) is 0 Å². The van der Waals surface area contributed by atoms with E-state index in [-0.39, 0.29) is 24.7 Å². The normalized spacial score (nSPS) is 12.5. The zero-order valence-corrected chi connectivity index (χ0v) is 21.5. The third-order valence-electron chi connectivity index (χ3n) is 6.21. The molecular weight excluding hydrogens is 482 g/mol. The van der Waals surface area contributed by atoms with Crippen molar-refractivity contribution in [1.82, 2.24) is 15.2 Å². The molecule has 10 nitrogen and oxygen atoms in total. The number of aryl methyl sites for hydroxylation is 1. The van der Waals surface area contributed by atoms with Gasteiger partial charge in [0, 0.05) is 38.0 Å². The summed E-state index contributed by atoms with van der Waals surface area (Å²) in [6.45, 7) is 1.43. The number of nitrogens with two attached hydrogens (primary N) is 3. The Morgan fingerprint density at radius 3 is 2.29 bits per heavy atom. The van der Waals surface area contributed by atoms with Gasteiger partial charge in [0.05, 0.1) is 23.4 Å². The summed E-state index contributed by atoms with van der Waals surface area (Å²) in [5, 5.41) is 6.54. The van der Waals surface area contributed by atoms with Gasteiger partial charge in [-0.25, -0.2) is 0 Å². The molecule has 202 valence electrons. The number of rotatable bonds is 14. The number of benzene rings is 2. The molecule has 0 spiro atoms. The van der Waals surface area contributed by atoms with Crippen molar-refractivity contribution in [2.24, 2.45) is 17.2 Å². The van der Waals surface area contributed by atoms with Crippen molar-refractivity contribution in [2.45, 2.75) is 37.8 Å². The summed E-state index contributed by atoms with van der Waals surface area (Å²) in [6, 6.07) is 17.4. The number of fused-ring (bicyclic) bond motifs is 1. The highest BCUT2D eigenvalue weighted by Crippen LogP contribution is 2.17. The van der Waals surface area contributed by atoms with Crippen LogP contribution in [0.1, 0.15) is 24.8 Å². The van der Waals surface area contributed by atoms with Gasteiger partial charge >= 0.3 is 0 Å². The molecule has 0 bridgehead atoms. The van der Waals surface area contributed by atoms with Crippen LogP contribution in [0.3, 0.4) is 0 Å². The fourth-order valence-corrected chi connectivity index (χ4v) is 4.11. The van der Waals surface area contributed by atoms with E-state index in [9.17, 15) is 14.4 Å². The summed E-state index contributed by atoms with van der Waals surface area (Å²) in [4.78, 5) is 44.6. The molecule has 0 aliphatic carbocycles. The minimum Gasteiger partial charge on any atom is -0.343 e. The van der Waals surface area contributed by atoms with Crippen molar-refractivity contribution in [3.8, 4) is 0 Å². The molecule has 0 aliphatic heterocycles. The van der Waals surface area contributed by atoms with Gasteiger partial charge in [0.1, 0.15) is 6.04 Å². The molecule has 0 unspecified atom stereocenters. The minimum absolute atomic E-state index is 0.0816. The number of carbonyl (C=O) groups is 3. The van der Waals surface area contributed by atoms with E-state index >= 15 is 0 Å². The van der Waals surface area contributed by atoms with Crippen LogP contribution < -0.4 is 27.8 Å². The first-order valence-corrected chi connectivity index (χ1v) is 12.8. The van der Waals surface area contributed by atoms with Crippen LogP contribution in [0.25, 0.3) is 10.9 Å². The average Bonchev–Trinajstić information content (AvgIpc) is 2.93. The van der Waals surface area contributed by atoms with Crippen molar-refractivity contribution in [3.05, 3.63) is 72.4 Å². The monoisotopic (exact) mass is 519 g/mol. The average molecular weight is 520 g/mol. The molecule has 0 aliphatic rings. The van der Waals surface area contributed by atoms with E-state index in [4.69, 9.17) is 17.2 Å². The van der Waals surface area contributed by atoms with Crippen LogP contribution >= 0.6 is 0 Å². The number of anilines is 1. The number of hydrogen-bond donors (Lipinski definition) is 5. The van der Waals surface area contributed by atoms with Crippen molar-refractivity contribution >= 4 is 34.3 Å². The molecule has 1 heterocycles. The molecule has 0 fully saturated rings. The van der Waals surface area contributed by atoms with Crippen LogP contribution in [0.4, 0.5) is 5.69 Å². The molecule has 3 rings (SSSR count). The Morgan fingerprint density at radius 1 is 0.895 bits per heavy atom. The van der Waals surface area contributed by atoms with Gasteiger partial charge in [-0.05, 0) is 37.0 Å². The van der Waals surface area contributed by atoms with Gasteiger partial charge in [-0.3, -0.25) is 19.4 Å². The van der Waals surface area contributed by atoms with Crippen LogP contribution in [-0.4, -0.2) is 65.9 Å². The molecule has 0 radical (unpaired) electrons. The number of aromatic nitrogens is 1. The third-order valence-corrected chi connectivity index (χ3v) is 6.21. The fourth-order valence-electron chi connectivity index (χ4n) is 4.11. The molecule has 2 aromatic carbocycles. The zero-order chi connectivity index (χ0) is 27.3. The Kier molecular flexibility index (Phi) is 11.2. The number of amides is 3. The molecule has 10 heteroatoms. The van der Waals surface area contributed by atoms with Crippen LogP contribution in [0.15, 0.2) is 66.9 Å². The zero-order valence-electron chi connectivity index (χ0n) is 21.5. The van der Waals surface area contributed by atoms with E-state index < -0.39 is 18.0 Å². The van der Waals surface area contributed by atoms with Crippen molar-refractivity contribution < 1.29 is 14.4 Å². The summed E-state index contributed by atoms with van der Waals surface area (Å²) >= 11 is 0. The Hall–Kier alpha value is -3.86. The highest BCUT2D eigenvalue weighted by molar-refractivity contribution is 5.99. The Morgan fingerprint density at radius 2 is 1.58 bits per heavy atom. The number of nitrogens with zero attached hydrogens (tertiary/aromatic N) is 2. The SMILES string of the molecule is NCCN(CCN)C(=O)CC[C@H](N)C(=O)N[C@H](CCc1ccccc1)C(=O)Nc1cnc2ccccc2c1. The summed E-state index contributed by atoms with van der Waals surface area (Å²) in [5.41, 5.74) is 19.6. The Bertz CT molecular complexity index is 1200. The first kappa shape index (κ1) is 28.7. The maximum atomic E-state index is 13.2. The van der Waals surface area contributed by atoms with Gasteiger partial charge in [0.15, 0.2) is 0 Å². The lowest BCUT2D eigenvalue weighted by Gasteiger charge is -2.23. The Labute approximate surface area is 222 Å². The molecule has 2 atom stereocenters. The molecular formula is C28H37N7O3. The van der Waals surface area contributed by atoms with Gasteiger partial charge in [-0.1, -0.05) is 48.5 Å². The first-order chi connectivity index (χ1) is 18.4. The van der Waals surface area contributed by atoms with E-state index in [0.717, 1.165) is 16.5 Å². The number of carbonyl (C=O) groups excluding carboxylic acids is 3. The standard InChI is InChI=1S/C28H37N7O3/c29-14-16-35(17-15-30)26(36)13-11-23(31)27(37)34-25(12-10-20-6-2-1-3-7-20)28(38)33-22-18-21-8-4-5-9-24(21)32-19-22/h1-9,18-19,23,25H,10-17,29-31H2,(H,33,38)(H,34,37)/t23-,25+/m0/s1. The van der Waals surface area contributed by atoms with E-state index in [2.05, 4.69) is 15.6 Å². The van der Waals surface area contributed by atoms with Gasteiger partial charge in [0.25, 0.3) is 0 Å². The van der Waals surface area contributed by atoms with Crippen molar-refractivity contribution in [1.29, 1.82) is 0 Å². The minimum atomic E-state index is -0.953. The molecule has 38 heavy (non-hydrogen) atoms. The second-order valence-corrected chi connectivity index (χ2v) is 9.09. The summed E-state index contributed by atoms with van der Waals surface area (Å²) in [6.07, 6.45) is 2.75. The third kappa shape index (κ3) is 8.62. The molecule has 0 saturated carbocycles. The second kappa shape index (κ2) is 14.8. The van der Waals surface area contributed by atoms with Gasteiger partial charge < -0.3 is 32.7 Å². The predicted molar refractivity (Wildman–Crippen MR) is 149 cm³/mol. The molecule has 3 aromatic rings. The van der Waals surface area contributed by atoms with Crippen molar-refractivity contribution in [3.63, 3.8) is 0 Å². The number of para-hydroxylation sites is 1. The smallest absolute Gasteiger partial charge is 0.247 e. The van der Waals surface area contributed by atoms with E-state index in [0.29, 0.717) is 44.7 Å². The van der Waals surface area contributed by atoms with E-state index in [1.165, 1.54) is 0 Å². The lowest BCUT2D eigenvalue weighted by molar-refractivity contribution is -0.131. The van der Waals surface area contributed by atoms with Gasteiger partial charge in [-0.2, -0.15) is 0 Å². The maximum absolute atomic E-state index is 13.2. The summed E-state index contributed by atoms with van der Waals surface area (Å²) in [5.74, 6) is -1.02. The van der Waals surface area contributed by atoms with E-state index in [1.54, 1.807) is 11.1 Å². The number of pyridine rings is 1.